The highest BCUT2D eigenvalue weighted by Crippen LogP contribution is 2.21. The van der Waals surface area contributed by atoms with Gasteiger partial charge in [0.2, 0.25) is 0 Å². The lowest BCUT2D eigenvalue weighted by molar-refractivity contribution is -0.139. The van der Waals surface area contributed by atoms with E-state index in [1.165, 1.54) is 5.56 Å². The minimum Gasteiger partial charge on any atom is -0.481 e. The first-order valence-electron chi connectivity index (χ1n) is 7.73. The number of likely N-dealkylation sites (tertiary alicyclic amines) is 1. The molecule has 1 aromatic rings. The van der Waals surface area contributed by atoms with Gasteiger partial charge in [0, 0.05) is 19.7 Å². The summed E-state index contributed by atoms with van der Waals surface area (Å²) in [6.07, 6.45) is 2.41. The second-order valence-electron chi connectivity index (χ2n) is 5.88. The maximum atomic E-state index is 12.5. The standard InChI is InChI=1S/C17H25NO3/c1-13-5-7-16(8-6-13)21-14(2)17(20)18-10-3-4-15(12-18)9-11-19/h5-8,14-15,19H,3-4,9-12H2,1-2H3. The van der Waals surface area contributed by atoms with Gasteiger partial charge in [-0.15, -0.1) is 0 Å². The van der Waals surface area contributed by atoms with Crippen LogP contribution in [-0.4, -0.2) is 41.7 Å². The molecule has 116 valence electrons. The maximum Gasteiger partial charge on any atom is 0.263 e. The molecular formula is C17H25NO3. The summed E-state index contributed by atoms with van der Waals surface area (Å²) in [6.45, 7) is 5.55. The number of aliphatic hydroxyl groups excluding tert-OH is 1. The number of ether oxygens (including phenoxy) is 1. The molecule has 1 N–H and O–H groups in total. The van der Waals surface area contributed by atoms with Crippen LogP contribution in [0.3, 0.4) is 0 Å². The Morgan fingerprint density at radius 3 is 2.81 bits per heavy atom. The van der Waals surface area contributed by atoms with Crippen molar-refractivity contribution < 1.29 is 14.6 Å². The topological polar surface area (TPSA) is 49.8 Å². The molecule has 21 heavy (non-hydrogen) atoms. The molecule has 1 fully saturated rings. The van der Waals surface area contributed by atoms with Crippen molar-refractivity contribution >= 4 is 5.91 Å². The predicted molar refractivity (Wildman–Crippen MR) is 82.3 cm³/mol. The smallest absolute Gasteiger partial charge is 0.263 e. The second-order valence-corrected chi connectivity index (χ2v) is 5.88. The Labute approximate surface area is 126 Å². The van der Waals surface area contributed by atoms with E-state index < -0.39 is 6.10 Å². The van der Waals surface area contributed by atoms with Crippen molar-refractivity contribution in [3.05, 3.63) is 29.8 Å². The number of carbonyl (C=O) groups is 1. The normalized spacial score (nSPS) is 20.1. The first-order chi connectivity index (χ1) is 10.1. The SMILES string of the molecule is Cc1ccc(OC(C)C(=O)N2CCCC(CCO)C2)cc1. The number of carbonyl (C=O) groups excluding carboxylic acids is 1. The van der Waals surface area contributed by atoms with Gasteiger partial charge in [0.15, 0.2) is 6.10 Å². The van der Waals surface area contributed by atoms with E-state index >= 15 is 0 Å². The van der Waals surface area contributed by atoms with Gasteiger partial charge in [-0.05, 0) is 51.2 Å². The lowest BCUT2D eigenvalue weighted by atomic mass is 9.95. The van der Waals surface area contributed by atoms with Crippen LogP contribution in [-0.2, 0) is 4.79 Å². The van der Waals surface area contributed by atoms with Crippen LogP contribution in [0.15, 0.2) is 24.3 Å². The molecule has 1 saturated heterocycles. The third kappa shape index (κ3) is 4.46. The molecule has 1 aliphatic heterocycles. The predicted octanol–water partition coefficient (Wildman–Crippen LogP) is 2.38. The van der Waals surface area contributed by atoms with Gasteiger partial charge in [0.25, 0.3) is 5.91 Å². The zero-order valence-electron chi connectivity index (χ0n) is 12.9. The van der Waals surface area contributed by atoms with Crippen molar-refractivity contribution in [3.63, 3.8) is 0 Å². The molecule has 4 nitrogen and oxygen atoms in total. The highest BCUT2D eigenvalue weighted by atomic mass is 16.5. The number of amides is 1. The Balaban J connectivity index is 1.90. The van der Waals surface area contributed by atoms with Crippen LogP contribution in [0.25, 0.3) is 0 Å². The van der Waals surface area contributed by atoms with E-state index in [0.29, 0.717) is 5.92 Å². The molecule has 1 aliphatic rings. The molecule has 2 unspecified atom stereocenters. The largest absolute Gasteiger partial charge is 0.481 e. The van der Waals surface area contributed by atoms with Crippen LogP contribution in [0, 0.1) is 12.8 Å². The molecule has 4 heteroatoms. The van der Waals surface area contributed by atoms with Crippen LogP contribution in [0.5, 0.6) is 5.75 Å². The zero-order chi connectivity index (χ0) is 15.2. The summed E-state index contributed by atoms with van der Waals surface area (Å²) in [6, 6.07) is 7.74. The van der Waals surface area contributed by atoms with Gasteiger partial charge >= 0.3 is 0 Å². The fourth-order valence-corrected chi connectivity index (χ4v) is 2.81. The average molecular weight is 291 g/mol. The van der Waals surface area contributed by atoms with Crippen LogP contribution >= 0.6 is 0 Å². The average Bonchev–Trinajstić information content (AvgIpc) is 2.49. The van der Waals surface area contributed by atoms with Crippen molar-refractivity contribution in [1.29, 1.82) is 0 Å². The fraction of sp³-hybridized carbons (Fsp3) is 0.588. The van der Waals surface area contributed by atoms with Crippen LogP contribution in [0.4, 0.5) is 0 Å². The number of aliphatic hydroxyl groups is 1. The van der Waals surface area contributed by atoms with E-state index in [0.717, 1.165) is 38.1 Å². The van der Waals surface area contributed by atoms with Gasteiger partial charge in [0.1, 0.15) is 5.75 Å². The van der Waals surface area contributed by atoms with Crippen molar-refractivity contribution in [2.45, 2.75) is 39.2 Å². The molecule has 2 atom stereocenters. The summed E-state index contributed by atoms with van der Waals surface area (Å²) in [5.41, 5.74) is 1.17. The number of nitrogens with zero attached hydrogens (tertiary/aromatic N) is 1. The lowest BCUT2D eigenvalue weighted by Crippen LogP contribution is -2.45. The summed E-state index contributed by atoms with van der Waals surface area (Å²) in [5.74, 6) is 1.18. The summed E-state index contributed by atoms with van der Waals surface area (Å²) in [5, 5.41) is 9.04. The zero-order valence-corrected chi connectivity index (χ0v) is 12.9. The van der Waals surface area contributed by atoms with E-state index in [-0.39, 0.29) is 12.5 Å². The Hall–Kier alpha value is -1.55. The van der Waals surface area contributed by atoms with Crippen molar-refractivity contribution in [2.24, 2.45) is 5.92 Å². The highest BCUT2D eigenvalue weighted by molar-refractivity contribution is 5.81. The van der Waals surface area contributed by atoms with E-state index in [4.69, 9.17) is 9.84 Å². The van der Waals surface area contributed by atoms with Crippen molar-refractivity contribution in [1.82, 2.24) is 4.90 Å². The summed E-state index contributed by atoms with van der Waals surface area (Å²) in [4.78, 5) is 14.3. The molecule has 2 rings (SSSR count). The molecule has 0 bridgehead atoms. The number of benzene rings is 1. The van der Waals surface area contributed by atoms with Crippen molar-refractivity contribution in [2.75, 3.05) is 19.7 Å². The number of aryl methyl sites for hydroxylation is 1. The van der Waals surface area contributed by atoms with Crippen LogP contribution < -0.4 is 4.74 Å². The van der Waals surface area contributed by atoms with E-state index in [1.54, 1.807) is 6.92 Å². The summed E-state index contributed by atoms with van der Waals surface area (Å²) < 4.78 is 5.74. The number of hydrogen-bond acceptors (Lipinski definition) is 3. The lowest BCUT2D eigenvalue weighted by Gasteiger charge is -2.34. The third-order valence-electron chi connectivity index (χ3n) is 4.05. The van der Waals surface area contributed by atoms with E-state index in [1.807, 2.05) is 36.1 Å². The van der Waals surface area contributed by atoms with Gasteiger partial charge < -0.3 is 14.7 Å². The van der Waals surface area contributed by atoms with Gasteiger partial charge in [-0.3, -0.25) is 4.79 Å². The summed E-state index contributed by atoms with van der Waals surface area (Å²) >= 11 is 0. The van der Waals surface area contributed by atoms with Gasteiger partial charge in [-0.25, -0.2) is 0 Å². The Morgan fingerprint density at radius 1 is 1.43 bits per heavy atom. The fourth-order valence-electron chi connectivity index (χ4n) is 2.81. The second kappa shape index (κ2) is 7.46. The third-order valence-corrected chi connectivity index (χ3v) is 4.05. The number of hydrogen-bond donors (Lipinski definition) is 1. The Morgan fingerprint density at radius 2 is 2.14 bits per heavy atom. The molecule has 0 aromatic heterocycles. The summed E-state index contributed by atoms with van der Waals surface area (Å²) in [7, 11) is 0. The molecule has 0 spiro atoms. The van der Waals surface area contributed by atoms with E-state index in [2.05, 4.69) is 0 Å². The number of rotatable bonds is 5. The molecule has 1 aromatic carbocycles. The quantitative estimate of drug-likeness (QED) is 0.906. The first-order valence-corrected chi connectivity index (χ1v) is 7.73. The minimum absolute atomic E-state index is 0.0400. The molecule has 0 saturated carbocycles. The van der Waals surface area contributed by atoms with E-state index in [9.17, 15) is 4.79 Å². The molecule has 0 radical (unpaired) electrons. The van der Waals surface area contributed by atoms with Crippen molar-refractivity contribution in [3.8, 4) is 5.75 Å². The van der Waals surface area contributed by atoms with Gasteiger partial charge in [0.05, 0.1) is 0 Å². The molecule has 1 amide bonds. The molecule has 0 aliphatic carbocycles. The van der Waals surface area contributed by atoms with Gasteiger partial charge in [-0.1, -0.05) is 17.7 Å². The highest BCUT2D eigenvalue weighted by Gasteiger charge is 2.27. The first kappa shape index (κ1) is 15.8. The van der Waals surface area contributed by atoms with Gasteiger partial charge in [-0.2, -0.15) is 0 Å². The van der Waals surface area contributed by atoms with Crippen LogP contribution in [0.2, 0.25) is 0 Å². The Kier molecular flexibility index (Phi) is 5.62. The minimum atomic E-state index is -0.472. The molecule has 1 heterocycles. The monoisotopic (exact) mass is 291 g/mol. The maximum absolute atomic E-state index is 12.5. The Bertz CT molecular complexity index is 456. The number of piperidine rings is 1. The van der Waals surface area contributed by atoms with Crippen LogP contribution in [0.1, 0.15) is 31.7 Å². The molecular weight excluding hydrogens is 266 g/mol.